The smallest absolute Gasteiger partial charge is 0.166 e. The van der Waals surface area contributed by atoms with Crippen molar-refractivity contribution in [1.29, 1.82) is 0 Å². The van der Waals surface area contributed by atoms with Gasteiger partial charge in [0, 0.05) is 23.7 Å². The number of pyridine rings is 1. The lowest BCUT2D eigenvalue weighted by Gasteiger charge is -2.15. The molecular weight excluding hydrogens is 326 g/mol. The van der Waals surface area contributed by atoms with Crippen LogP contribution in [0, 0.1) is 5.92 Å². The maximum absolute atomic E-state index is 12.9. The van der Waals surface area contributed by atoms with Crippen molar-refractivity contribution in [2.45, 2.75) is 53.1 Å². The Labute approximate surface area is 156 Å². The third-order valence-electron chi connectivity index (χ3n) is 4.39. The van der Waals surface area contributed by atoms with Gasteiger partial charge in [0.25, 0.3) is 0 Å². The summed E-state index contributed by atoms with van der Waals surface area (Å²) in [4.78, 5) is 17.3. The van der Waals surface area contributed by atoms with Gasteiger partial charge >= 0.3 is 0 Å². The van der Waals surface area contributed by atoms with Gasteiger partial charge in [-0.05, 0) is 36.6 Å². The fraction of sp³-hybridized carbons (Fsp3) is 0.455. The van der Waals surface area contributed by atoms with E-state index in [4.69, 9.17) is 4.74 Å². The molecule has 1 unspecified atom stereocenters. The molecule has 1 atom stereocenters. The second-order valence-corrected chi connectivity index (χ2v) is 6.75. The van der Waals surface area contributed by atoms with Crippen LogP contribution in [-0.4, -0.2) is 22.5 Å². The lowest BCUT2D eigenvalue weighted by atomic mass is 9.94. The summed E-state index contributed by atoms with van der Waals surface area (Å²) in [6, 6.07) is 9.24. The molecular formula is C22H29NO3. The van der Waals surface area contributed by atoms with Crippen LogP contribution in [0.15, 0.2) is 36.5 Å². The molecule has 0 aliphatic carbocycles. The van der Waals surface area contributed by atoms with Gasteiger partial charge in [-0.3, -0.25) is 9.78 Å². The monoisotopic (exact) mass is 355 g/mol. The lowest BCUT2D eigenvalue weighted by Crippen LogP contribution is -2.09. The summed E-state index contributed by atoms with van der Waals surface area (Å²) in [6.07, 6.45) is 5.19. The number of rotatable bonds is 10. The van der Waals surface area contributed by atoms with Crippen molar-refractivity contribution >= 4 is 5.78 Å². The van der Waals surface area contributed by atoms with E-state index in [0.29, 0.717) is 36.0 Å². The molecule has 1 aromatic carbocycles. The molecule has 4 nitrogen and oxygen atoms in total. The van der Waals surface area contributed by atoms with E-state index in [-0.39, 0.29) is 12.4 Å². The summed E-state index contributed by atoms with van der Waals surface area (Å²) >= 11 is 0. The van der Waals surface area contributed by atoms with Crippen molar-refractivity contribution in [3.8, 4) is 17.0 Å². The molecule has 1 aromatic heterocycles. The quantitative estimate of drug-likeness (QED) is 0.607. The Morgan fingerprint density at radius 2 is 2.04 bits per heavy atom. The van der Waals surface area contributed by atoms with Crippen LogP contribution in [0.4, 0.5) is 0 Å². The first-order valence-corrected chi connectivity index (χ1v) is 9.45. The Morgan fingerprint density at radius 3 is 2.73 bits per heavy atom. The van der Waals surface area contributed by atoms with Crippen molar-refractivity contribution in [3.63, 3.8) is 0 Å². The van der Waals surface area contributed by atoms with Gasteiger partial charge in [0.1, 0.15) is 5.75 Å². The summed E-state index contributed by atoms with van der Waals surface area (Å²) in [5.41, 5.74) is 2.87. The van der Waals surface area contributed by atoms with E-state index in [9.17, 15) is 9.90 Å². The number of carbonyl (C=O) groups excluding carboxylic acids is 1. The average molecular weight is 355 g/mol. The second-order valence-electron chi connectivity index (χ2n) is 6.75. The Kier molecular flexibility index (Phi) is 7.79. The molecule has 0 aliphatic rings. The Morgan fingerprint density at radius 1 is 1.23 bits per heavy atom. The first-order chi connectivity index (χ1) is 12.6. The molecule has 0 spiro atoms. The van der Waals surface area contributed by atoms with Crippen LogP contribution in [0.3, 0.4) is 0 Å². The largest absolute Gasteiger partial charge is 0.493 e. The predicted octanol–water partition coefficient (Wildman–Crippen LogP) is 5.04. The van der Waals surface area contributed by atoms with Crippen LogP contribution < -0.4 is 4.74 Å². The first kappa shape index (κ1) is 20.1. The predicted molar refractivity (Wildman–Crippen MR) is 104 cm³/mol. The van der Waals surface area contributed by atoms with E-state index in [1.807, 2.05) is 31.2 Å². The van der Waals surface area contributed by atoms with Crippen molar-refractivity contribution < 1.29 is 14.6 Å². The zero-order chi connectivity index (χ0) is 18.9. The number of carbonyl (C=O) groups is 1. The summed E-state index contributed by atoms with van der Waals surface area (Å²) in [6.45, 7) is 6.78. The number of ether oxygens (including phenoxy) is 1. The van der Waals surface area contributed by atoms with E-state index in [1.165, 1.54) is 0 Å². The van der Waals surface area contributed by atoms with Gasteiger partial charge in [-0.25, -0.2) is 0 Å². The SMILES string of the molecule is CCCOc1ccc(-c2ncccc2CO)cc1C(=O)CC(C)CCC. The second kappa shape index (κ2) is 10.1. The summed E-state index contributed by atoms with van der Waals surface area (Å²) < 4.78 is 5.81. The molecule has 0 bridgehead atoms. The molecule has 0 saturated carbocycles. The van der Waals surface area contributed by atoms with E-state index < -0.39 is 0 Å². The van der Waals surface area contributed by atoms with Gasteiger partial charge in [-0.2, -0.15) is 0 Å². The standard InChI is InChI=1S/C22H29NO3/c1-4-7-16(3)13-20(25)19-14-17(9-10-21(19)26-12-5-2)22-18(15-24)8-6-11-23-22/h6,8-11,14,16,24H,4-5,7,12-13,15H2,1-3H3. The molecule has 0 radical (unpaired) electrons. The van der Waals surface area contributed by atoms with E-state index >= 15 is 0 Å². The first-order valence-electron chi connectivity index (χ1n) is 9.45. The minimum atomic E-state index is -0.0892. The Balaban J connectivity index is 2.40. The van der Waals surface area contributed by atoms with Gasteiger partial charge in [0.05, 0.1) is 24.5 Å². The molecule has 4 heteroatoms. The zero-order valence-corrected chi connectivity index (χ0v) is 16.0. The number of benzene rings is 1. The maximum atomic E-state index is 12.9. The topological polar surface area (TPSA) is 59.4 Å². The average Bonchev–Trinajstić information content (AvgIpc) is 2.66. The molecule has 0 saturated heterocycles. The number of aromatic nitrogens is 1. The maximum Gasteiger partial charge on any atom is 0.166 e. The molecule has 2 aromatic rings. The highest BCUT2D eigenvalue weighted by Gasteiger charge is 2.18. The fourth-order valence-corrected chi connectivity index (χ4v) is 3.08. The van der Waals surface area contributed by atoms with Crippen LogP contribution in [0.25, 0.3) is 11.3 Å². The minimum absolute atomic E-state index is 0.0892. The van der Waals surface area contributed by atoms with Crippen molar-refractivity contribution in [1.82, 2.24) is 4.98 Å². The number of hydrogen-bond donors (Lipinski definition) is 1. The number of aliphatic hydroxyl groups is 1. The molecule has 1 heterocycles. The molecule has 0 amide bonds. The molecule has 2 rings (SSSR count). The number of aliphatic hydroxyl groups excluding tert-OH is 1. The van der Waals surface area contributed by atoms with Crippen LogP contribution in [-0.2, 0) is 6.61 Å². The van der Waals surface area contributed by atoms with E-state index in [2.05, 4.69) is 18.8 Å². The van der Waals surface area contributed by atoms with Crippen molar-refractivity contribution in [2.24, 2.45) is 5.92 Å². The molecule has 26 heavy (non-hydrogen) atoms. The van der Waals surface area contributed by atoms with Gasteiger partial charge < -0.3 is 9.84 Å². The van der Waals surface area contributed by atoms with Gasteiger partial charge in [0.15, 0.2) is 5.78 Å². The van der Waals surface area contributed by atoms with Crippen LogP contribution in [0.1, 0.15) is 62.4 Å². The highest BCUT2D eigenvalue weighted by atomic mass is 16.5. The lowest BCUT2D eigenvalue weighted by molar-refractivity contribution is 0.0958. The van der Waals surface area contributed by atoms with E-state index in [0.717, 1.165) is 30.4 Å². The normalized spacial score (nSPS) is 12.0. The number of ketones is 1. The summed E-state index contributed by atoms with van der Waals surface area (Å²) in [5, 5.41) is 9.58. The number of nitrogens with zero attached hydrogens (tertiary/aromatic N) is 1. The van der Waals surface area contributed by atoms with E-state index in [1.54, 1.807) is 12.3 Å². The molecule has 1 N–H and O–H groups in total. The van der Waals surface area contributed by atoms with Gasteiger partial charge in [0.2, 0.25) is 0 Å². The van der Waals surface area contributed by atoms with Crippen LogP contribution >= 0.6 is 0 Å². The Bertz CT molecular complexity index is 727. The fourth-order valence-electron chi connectivity index (χ4n) is 3.08. The molecule has 0 aliphatic heterocycles. The van der Waals surface area contributed by atoms with Gasteiger partial charge in [-0.1, -0.05) is 39.7 Å². The molecule has 140 valence electrons. The third-order valence-corrected chi connectivity index (χ3v) is 4.39. The highest BCUT2D eigenvalue weighted by Crippen LogP contribution is 2.30. The third kappa shape index (κ3) is 5.15. The van der Waals surface area contributed by atoms with Crippen molar-refractivity contribution in [3.05, 3.63) is 47.7 Å². The van der Waals surface area contributed by atoms with Gasteiger partial charge in [-0.15, -0.1) is 0 Å². The number of hydrogen-bond acceptors (Lipinski definition) is 4. The number of Topliss-reactive ketones (excluding diaryl/α,β-unsaturated/α-hetero) is 1. The highest BCUT2D eigenvalue weighted by molar-refractivity contribution is 6.00. The molecule has 0 fully saturated rings. The van der Waals surface area contributed by atoms with Crippen LogP contribution in [0.5, 0.6) is 5.75 Å². The van der Waals surface area contributed by atoms with Crippen molar-refractivity contribution in [2.75, 3.05) is 6.61 Å². The zero-order valence-electron chi connectivity index (χ0n) is 16.0. The summed E-state index contributed by atoms with van der Waals surface area (Å²) in [7, 11) is 0. The Hall–Kier alpha value is -2.20. The minimum Gasteiger partial charge on any atom is -0.493 e. The summed E-state index contributed by atoms with van der Waals surface area (Å²) in [5.74, 6) is 1.07. The van der Waals surface area contributed by atoms with Crippen LogP contribution in [0.2, 0.25) is 0 Å².